The summed E-state index contributed by atoms with van der Waals surface area (Å²) in [4.78, 5) is 16.2. The Hall–Kier alpha value is -1.78. The van der Waals surface area contributed by atoms with Gasteiger partial charge in [-0.15, -0.1) is 0 Å². The van der Waals surface area contributed by atoms with E-state index in [-0.39, 0.29) is 11.5 Å². The lowest BCUT2D eigenvalue weighted by Gasteiger charge is -2.36. The summed E-state index contributed by atoms with van der Waals surface area (Å²) in [6.45, 7) is 2.40. The van der Waals surface area contributed by atoms with Crippen molar-refractivity contribution < 1.29 is 9.18 Å². The molecule has 1 aliphatic heterocycles. The Labute approximate surface area is 144 Å². The first-order valence-corrected chi connectivity index (χ1v) is 8.05. The topological polar surface area (TPSA) is 23.6 Å². The number of halogens is 3. The average molecular weight is 353 g/mol. The molecule has 0 spiro atoms. The van der Waals surface area contributed by atoms with Gasteiger partial charge >= 0.3 is 0 Å². The molecule has 1 amide bonds. The summed E-state index contributed by atoms with van der Waals surface area (Å²) < 4.78 is 13.7. The van der Waals surface area contributed by atoms with Gasteiger partial charge < -0.3 is 9.80 Å². The Morgan fingerprint density at radius 2 is 1.65 bits per heavy atom. The molecule has 23 heavy (non-hydrogen) atoms. The van der Waals surface area contributed by atoms with Crippen LogP contribution in [0.2, 0.25) is 10.0 Å². The summed E-state index contributed by atoms with van der Waals surface area (Å²) in [5.41, 5.74) is 1.09. The molecule has 1 saturated heterocycles. The summed E-state index contributed by atoms with van der Waals surface area (Å²) in [5.74, 6) is -0.749. The highest BCUT2D eigenvalue weighted by molar-refractivity contribution is 6.42. The Morgan fingerprint density at radius 1 is 0.957 bits per heavy atom. The van der Waals surface area contributed by atoms with E-state index in [1.165, 1.54) is 12.1 Å². The maximum Gasteiger partial charge on any atom is 0.256 e. The number of amides is 1. The first-order chi connectivity index (χ1) is 11.1. The molecule has 2 aromatic rings. The van der Waals surface area contributed by atoms with Gasteiger partial charge in [-0.3, -0.25) is 4.79 Å². The number of rotatable bonds is 2. The van der Waals surface area contributed by atoms with Gasteiger partial charge in [0.1, 0.15) is 5.82 Å². The van der Waals surface area contributed by atoms with Crippen molar-refractivity contribution in [2.45, 2.75) is 0 Å². The molecule has 3 nitrogen and oxygen atoms in total. The maximum atomic E-state index is 13.7. The van der Waals surface area contributed by atoms with Crippen molar-refractivity contribution in [3.63, 3.8) is 0 Å². The molecule has 0 saturated carbocycles. The third kappa shape index (κ3) is 3.43. The van der Waals surface area contributed by atoms with Gasteiger partial charge in [0.25, 0.3) is 5.91 Å². The average Bonchev–Trinajstić information content (AvgIpc) is 2.57. The fourth-order valence-electron chi connectivity index (χ4n) is 2.65. The van der Waals surface area contributed by atoms with Gasteiger partial charge in [0.2, 0.25) is 0 Å². The van der Waals surface area contributed by atoms with E-state index in [4.69, 9.17) is 23.2 Å². The van der Waals surface area contributed by atoms with Crippen LogP contribution in [-0.4, -0.2) is 37.0 Å². The van der Waals surface area contributed by atoms with Crippen molar-refractivity contribution in [1.82, 2.24) is 4.90 Å². The predicted octanol–water partition coefficient (Wildman–Crippen LogP) is 4.09. The molecule has 1 aliphatic rings. The fraction of sp³-hybridized carbons (Fsp3) is 0.235. The van der Waals surface area contributed by atoms with E-state index in [0.717, 1.165) is 5.69 Å². The first-order valence-electron chi connectivity index (χ1n) is 7.30. The quantitative estimate of drug-likeness (QED) is 0.812. The minimum absolute atomic E-state index is 0.121. The zero-order valence-corrected chi connectivity index (χ0v) is 13.8. The number of hydrogen-bond donors (Lipinski definition) is 0. The Bertz CT molecular complexity index is 730. The molecular formula is C17H15Cl2FN2O. The van der Waals surface area contributed by atoms with E-state index in [9.17, 15) is 9.18 Å². The van der Waals surface area contributed by atoms with Gasteiger partial charge in [-0.05, 0) is 30.3 Å². The van der Waals surface area contributed by atoms with Crippen LogP contribution in [0.15, 0.2) is 42.5 Å². The van der Waals surface area contributed by atoms with E-state index in [2.05, 4.69) is 4.90 Å². The van der Waals surface area contributed by atoms with Crippen molar-refractivity contribution in [3.05, 3.63) is 63.9 Å². The van der Waals surface area contributed by atoms with E-state index in [1.807, 2.05) is 12.1 Å². The van der Waals surface area contributed by atoms with Crippen molar-refractivity contribution in [1.29, 1.82) is 0 Å². The molecule has 120 valence electrons. The molecule has 1 heterocycles. The number of carbonyl (C=O) groups excluding carboxylic acids is 1. The van der Waals surface area contributed by atoms with Crippen LogP contribution in [0.3, 0.4) is 0 Å². The standard InChI is InChI=1S/C17H15Cl2FN2O/c18-14-6-5-12(11-15(14)19)21-7-9-22(10-8-21)17(23)13-3-1-2-4-16(13)20/h1-6,11H,7-10H2. The lowest BCUT2D eigenvalue weighted by Crippen LogP contribution is -2.49. The molecular weight excluding hydrogens is 338 g/mol. The molecule has 0 atom stereocenters. The van der Waals surface area contributed by atoms with Gasteiger partial charge in [-0.2, -0.15) is 0 Å². The summed E-state index contributed by atoms with van der Waals surface area (Å²) in [6.07, 6.45) is 0. The monoisotopic (exact) mass is 352 g/mol. The SMILES string of the molecule is O=C(c1ccccc1F)N1CCN(c2ccc(Cl)c(Cl)c2)CC1. The van der Waals surface area contributed by atoms with Crippen molar-refractivity contribution >= 4 is 34.8 Å². The molecule has 2 aromatic carbocycles. The molecule has 0 radical (unpaired) electrons. The molecule has 0 unspecified atom stereocenters. The predicted molar refractivity (Wildman–Crippen MR) is 91.0 cm³/mol. The van der Waals surface area contributed by atoms with Crippen LogP contribution in [0, 0.1) is 5.82 Å². The van der Waals surface area contributed by atoms with Crippen LogP contribution in [0.5, 0.6) is 0 Å². The zero-order chi connectivity index (χ0) is 16.4. The molecule has 0 bridgehead atoms. The van der Waals surface area contributed by atoms with Crippen LogP contribution in [0.4, 0.5) is 10.1 Å². The van der Waals surface area contributed by atoms with E-state index in [0.29, 0.717) is 36.2 Å². The largest absolute Gasteiger partial charge is 0.368 e. The first kappa shape index (κ1) is 16.1. The fourth-order valence-corrected chi connectivity index (χ4v) is 2.95. The minimum atomic E-state index is -0.482. The summed E-state index contributed by atoms with van der Waals surface area (Å²) in [7, 11) is 0. The summed E-state index contributed by atoms with van der Waals surface area (Å²) >= 11 is 12.0. The number of benzene rings is 2. The van der Waals surface area contributed by atoms with Gasteiger partial charge in [0.15, 0.2) is 0 Å². The summed E-state index contributed by atoms with van der Waals surface area (Å²) in [5, 5.41) is 1.03. The van der Waals surface area contributed by atoms with Gasteiger partial charge in [0, 0.05) is 31.9 Å². The smallest absolute Gasteiger partial charge is 0.256 e. The lowest BCUT2D eigenvalue weighted by atomic mass is 10.1. The second-order valence-electron chi connectivity index (χ2n) is 5.36. The number of carbonyl (C=O) groups is 1. The van der Waals surface area contributed by atoms with E-state index >= 15 is 0 Å². The Balaban J connectivity index is 1.67. The van der Waals surface area contributed by atoms with Crippen molar-refractivity contribution in [2.75, 3.05) is 31.1 Å². The van der Waals surface area contributed by atoms with Crippen LogP contribution in [0.1, 0.15) is 10.4 Å². The molecule has 0 N–H and O–H groups in total. The highest BCUT2D eigenvalue weighted by Crippen LogP contribution is 2.28. The molecule has 6 heteroatoms. The third-order valence-corrected chi connectivity index (χ3v) is 4.68. The Morgan fingerprint density at radius 3 is 2.30 bits per heavy atom. The third-order valence-electron chi connectivity index (χ3n) is 3.94. The van der Waals surface area contributed by atoms with Crippen LogP contribution in [-0.2, 0) is 0 Å². The van der Waals surface area contributed by atoms with E-state index < -0.39 is 5.82 Å². The van der Waals surface area contributed by atoms with Crippen molar-refractivity contribution in [3.8, 4) is 0 Å². The lowest BCUT2D eigenvalue weighted by molar-refractivity contribution is 0.0742. The zero-order valence-electron chi connectivity index (χ0n) is 12.3. The van der Waals surface area contributed by atoms with Gasteiger partial charge in [0.05, 0.1) is 15.6 Å². The summed E-state index contributed by atoms with van der Waals surface area (Å²) in [6, 6.07) is 11.6. The van der Waals surface area contributed by atoms with Gasteiger partial charge in [-0.25, -0.2) is 4.39 Å². The second kappa shape index (κ2) is 6.77. The highest BCUT2D eigenvalue weighted by Gasteiger charge is 2.24. The van der Waals surface area contributed by atoms with Crippen LogP contribution >= 0.6 is 23.2 Å². The van der Waals surface area contributed by atoms with Crippen LogP contribution in [0.25, 0.3) is 0 Å². The number of anilines is 1. The number of nitrogens with zero attached hydrogens (tertiary/aromatic N) is 2. The molecule has 1 fully saturated rings. The highest BCUT2D eigenvalue weighted by atomic mass is 35.5. The second-order valence-corrected chi connectivity index (χ2v) is 6.17. The molecule has 0 aromatic heterocycles. The maximum absolute atomic E-state index is 13.7. The minimum Gasteiger partial charge on any atom is -0.368 e. The molecule has 3 rings (SSSR count). The number of piperazine rings is 1. The van der Waals surface area contributed by atoms with E-state index in [1.54, 1.807) is 23.1 Å². The number of hydrogen-bond acceptors (Lipinski definition) is 2. The molecule has 0 aliphatic carbocycles. The Kier molecular flexibility index (Phi) is 4.74. The normalized spacial score (nSPS) is 14.9. The van der Waals surface area contributed by atoms with Crippen LogP contribution < -0.4 is 4.90 Å². The van der Waals surface area contributed by atoms with Crippen molar-refractivity contribution in [2.24, 2.45) is 0 Å². The van der Waals surface area contributed by atoms with Gasteiger partial charge in [-0.1, -0.05) is 35.3 Å².